The first-order valence-electron chi connectivity index (χ1n) is 5.49. The first-order valence-corrected chi connectivity index (χ1v) is 6.24. The molecule has 2 rings (SSSR count). The Labute approximate surface area is 120 Å². The largest absolute Gasteiger partial charge is 0.505 e. The van der Waals surface area contributed by atoms with E-state index in [2.05, 4.69) is 0 Å². The fourth-order valence-corrected chi connectivity index (χ4v) is 2.08. The van der Waals surface area contributed by atoms with Crippen molar-refractivity contribution in [1.82, 2.24) is 0 Å². The maximum Gasteiger partial charge on any atom is 0.315 e. The fraction of sp³-hybridized carbons (Fsp3) is 0.0714. The number of rotatable bonds is 3. The Morgan fingerprint density at radius 2 is 1.68 bits per heavy atom. The number of phenols is 1. The number of hydrogen-bond acceptors (Lipinski definition) is 3. The second kappa shape index (κ2) is 5.95. The van der Waals surface area contributed by atoms with Gasteiger partial charge in [-0.25, -0.2) is 0 Å². The van der Waals surface area contributed by atoms with E-state index in [1.165, 1.54) is 12.1 Å². The molecule has 0 saturated carbocycles. The van der Waals surface area contributed by atoms with E-state index >= 15 is 0 Å². The molecule has 0 aliphatic carbocycles. The first-order chi connectivity index (χ1) is 9.06. The summed E-state index contributed by atoms with van der Waals surface area (Å²) in [7, 11) is 0. The van der Waals surface area contributed by atoms with Crippen molar-refractivity contribution in [3.63, 3.8) is 0 Å². The molecule has 5 heteroatoms. The number of aromatic hydroxyl groups is 1. The zero-order valence-electron chi connectivity index (χ0n) is 9.77. The molecule has 2 aromatic rings. The number of benzene rings is 2. The number of ether oxygens (including phenoxy) is 1. The van der Waals surface area contributed by atoms with Crippen LogP contribution in [0.1, 0.15) is 5.56 Å². The highest BCUT2D eigenvalue weighted by atomic mass is 35.5. The summed E-state index contributed by atoms with van der Waals surface area (Å²) in [5.74, 6) is -0.143. The molecule has 0 bridgehead atoms. The summed E-state index contributed by atoms with van der Waals surface area (Å²) in [5.41, 5.74) is 0.578. The van der Waals surface area contributed by atoms with Crippen molar-refractivity contribution in [3.8, 4) is 11.5 Å². The lowest BCUT2D eigenvalue weighted by atomic mass is 10.1. The van der Waals surface area contributed by atoms with Gasteiger partial charge in [0, 0.05) is 0 Å². The molecule has 0 aliphatic rings. The van der Waals surface area contributed by atoms with E-state index in [1.807, 2.05) is 6.07 Å². The smallest absolute Gasteiger partial charge is 0.315 e. The molecule has 0 heterocycles. The van der Waals surface area contributed by atoms with Crippen molar-refractivity contribution in [2.45, 2.75) is 6.42 Å². The average molecular weight is 297 g/mol. The van der Waals surface area contributed by atoms with Crippen LogP contribution in [-0.4, -0.2) is 11.1 Å². The predicted octanol–water partition coefficient (Wildman–Crippen LogP) is 3.85. The van der Waals surface area contributed by atoms with Gasteiger partial charge >= 0.3 is 5.97 Å². The summed E-state index contributed by atoms with van der Waals surface area (Å²) in [4.78, 5) is 11.7. The van der Waals surface area contributed by atoms with Crippen molar-refractivity contribution in [2.75, 3.05) is 0 Å². The monoisotopic (exact) mass is 296 g/mol. The van der Waals surface area contributed by atoms with Crippen molar-refractivity contribution < 1.29 is 14.6 Å². The summed E-state index contributed by atoms with van der Waals surface area (Å²) < 4.78 is 5.14. The lowest BCUT2D eigenvalue weighted by molar-refractivity contribution is -0.133. The van der Waals surface area contributed by atoms with E-state index in [9.17, 15) is 9.90 Å². The molecule has 19 heavy (non-hydrogen) atoms. The van der Waals surface area contributed by atoms with Gasteiger partial charge in [-0.1, -0.05) is 41.4 Å². The molecule has 0 aromatic heterocycles. The Hall–Kier alpha value is -1.71. The Morgan fingerprint density at radius 3 is 2.26 bits per heavy atom. The molecular formula is C14H10Cl2O3. The van der Waals surface area contributed by atoms with E-state index in [0.29, 0.717) is 11.3 Å². The van der Waals surface area contributed by atoms with E-state index in [-0.39, 0.29) is 22.2 Å². The van der Waals surface area contributed by atoms with Gasteiger partial charge in [0.15, 0.2) is 5.75 Å². The number of carbonyl (C=O) groups excluding carboxylic acids is 1. The van der Waals surface area contributed by atoms with Gasteiger partial charge < -0.3 is 9.84 Å². The van der Waals surface area contributed by atoms with Crippen LogP contribution in [-0.2, 0) is 11.2 Å². The second-order valence-corrected chi connectivity index (χ2v) is 4.69. The quantitative estimate of drug-likeness (QED) is 0.691. The van der Waals surface area contributed by atoms with Crippen molar-refractivity contribution in [3.05, 3.63) is 58.1 Å². The predicted molar refractivity (Wildman–Crippen MR) is 73.9 cm³/mol. The Morgan fingerprint density at radius 1 is 1.11 bits per heavy atom. The number of halogens is 2. The number of hydrogen-bond donors (Lipinski definition) is 1. The fourth-order valence-electron chi connectivity index (χ4n) is 1.54. The summed E-state index contributed by atoms with van der Waals surface area (Å²) in [6.07, 6.45) is 0.0224. The molecule has 0 atom stereocenters. The third-order valence-corrected chi connectivity index (χ3v) is 2.98. The molecule has 0 saturated heterocycles. The van der Waals surface area contributed by atoms with Crippen LogP contribution in [0.5, 0.6) is 11.5 Å². The maximum atomic E-state index is 11.7. The highest BCUT2D eigenvalue weighted by Gasteiger charge is 2.11. The maximum absolute atomic E-state index is 11.7. The van der Waals surface area contributed by atoms with E-state index in [0.717, 1.165) is 0 Å². The Balaban J connectivity index is 2.07. The van der Waals surface area contributed by atoms with Crippen molar-refractivity contribution in [2.24, 2.45) is 0 Å². The van der Waals surface area contributed by atoms with Gasteiger partial charge in [-0.15, -0.1) is 0 Å². The Bertz CT molecular complexity index is 574. The summed E-state index contributed by atoms with van der Waals surface area (Å²) in [6, 6.07) is 11.7. The minimum atomic E-state index is -0.427. The molecule has 0 amide bonds. The molecule has 98 valence electrons. The molecule has 0 aliphatic heterocycles. The van der Waals surface area contributed by atoms with Crippen LogP contribution in [0, 0.1) is 0 Å². The van der Waals surface area contributed by atoms with Crippen LogP contribution in [0.4, 0.5) is 0 Å². The summed E-state index contributed by atoms with van der Waals surface area (Å²) in [5, 5.41) is 9.63. The SMILES string of the molecule is O=C(Cc1cc(Cl)c(O)c(Cl)c1)Oc1ccccc1. The highest BCUT2D eigenvalue weighted by Crippen LogP contribution is 2.32. The van der Waals surface area contributed by atoms with Crippen LogP contribution in [0.3, 0.4) is 0 Å². The van der Waals surface area contributed by atoms with Crippen LogP contribution in [0.25, 0.3) is 0 Å². The minimum absolute atomic E-state index is 0.0224. The average Bonchev–Trinajstić information content (AvgIpc) is 2.37. The summed E-state index contributed by atoms with van der Waals surface area (Å²) in [6.45, 7) is 0. The highest BCUT2D eigenvalue weighted by molar-refractivity contribution is 6.37. The van der Waals surface area contributed by atoms with Gasteiger partial charge in [-0.05, 0) is 29.8 Å². The molecule has 1 N–H and O–H groups in total. The standard InChI is InChI=1S/C14H10Cl2O3/c15-11-6-9(7-12(16)14(11)18)8-13(17)19-10-4-2-1-3-5-10/h1-7,18H,8H2. The number of phenolic OH excluding ortho intramolecular Hbond substituents is 1. The Kier molecular flexibility index (Phi) is 4.30. The van der Waals surface area contributed by atoms with Crippen LogP contribution >= 0.6 is 23.2 Å². The molecule has 2 aromatic carbocycles. The molecule has 0 spiro atoms. The van der Waals surface area contributed by atoms with Crippen LogP contribution in [0.15, 0.2) is 42.5 Å². The number of esters is 1. The molecule has 0 radical (unpaired) electrons. The molecular weight excluding hydrogens is 287 g/mol. The minimum Gasteiger partial charge on any atom is -0.505 e. The van der Waals surface area contributed by atoms with E-state index in [1.54, 1.807) is 24.3 Å². The number of para-hydroxylation sites is 1. The van der Waals surface area contributed by atoms with Gasteiger partial charge in [-0.2, -0.15) is 0 Å². The summed E-state index contributed by atoms with van der Waals surface area (Å²) >= 11 is 11.6. The molecule has 0 unspecified atom stereocenters. The van der Waals surface area contributed by atoms with E-state index < -0.39 is 5.97 Å². The van der Waals surface area contributed by atoms with Crippen molar-refractivity contribution in [1.29, 1.82) is 0 Å². The van der Waals surface area contributed by atoms with Crippen LogP contribution in [0.2, 0.25) is 10.0 Å². The van der Waals surface area contributed by atoms with Gasteiger partial charge in [-0.3, -0.25) is 4.79 Å². The molecule has 3 nitrogen and oxygen atoms in total. The zero-order chi connectivity index (χ0) is 13.8. The van der Waals surface area contributed by atoms with Crippen LogP contribution < -0.4 is 4.74 Å². The van der Waals surface area contributed by atoms with Gasteiger partial charge in [0.1, 0.15) is 5.75 Å². The topological polar surface area (TPSA) is 46.5 Å². The first kappa shape index (κ1) is 13.7. The lowest BCUT2D eigenvalue weighted by Gasteiger charge is -2.06. The third kappa shape index (κ3) is 3.63. The lowest BCUT2D eigenvalue weighted by Crippen LogP contribution is -2.11. The van der Waals surface area contributed by atoms with Gasteiger partial charge in [0.05, 0.1) is 16.5 Å². The van der Waals surface area contributed by atoms with Crippen molar-refractivity contribution >= 4 is 29.2 Å². The normalized spacial score (nSPS) is 10.2. The molecule has 0 fully saturated rings. The third-order valence-electron chi connectivity index (χ3n) is 2.40. The number of carbonyl (C=O) groups is 1. The van der Waals surface area contributed by atoms with Gasteiger partial charge in [0.2, 0.25) is 0 Å². The van der Waals surface area contributed by atoms with Gasteiger partial charge in [0.25, 0.3) is 0 Å². The second-order valence-electron chi connectivity index (χ2n) is 3.87. The van der Waals surface area contributed by atoms with E-state index in [4.69, 9.17) is 27.9 Å². The zero-order valence-corrected chi connectivity index (χ0v) is 11.3.